The number of aryl methyl sites for hydroxylation is 1. The summed E-state index contributed by atoms with van der Waals surface area (Å²) in [6, 6.07) is 8.25. The number of sulfone groups is 1. The van der Waals surface area contributed by atoms with Gasteiger partial charge in [0.25, 0.3) is 0 Å². The lowest BCUT2D eigenvalue weighted by molar-refractivity contribution is 0.0527. The highest BCUT2D eigenvalue weighted by molar-refractivity contribution is 7.90. The normalized spacial score (nSPS) is 11.2. The number of carbonyl (C=O) groups is 1. The van der Waals surface area contributed by atoms with Gasteiger partial charge in [-0.1, -0.05) is 0 Å². The van der Waals surface area contributed by atoms with Crippen LogP contribution in [0, 0.1) is 12.7 Å². The molecule has 0 aliphatic carbocycles. The molecule has 2 aromatic rings. The molecule has 7 heteroatoms. The Morgan fingerprint density at radius 1 is 1.17 bits per heavy atom. The van der Waals surface area contributed by atoms with Gasteiger partial charge in [0.2, 0.25) is 0 Å². The largest absolute Gasteiger partial charge is 0.462 e. The van der Waals surface area contributed by atoms with E-state index >= 15 is 0 Å². The summed E-state index contributed by atoms with van der Waals surface area (Å²) in [4.78, 5) is 12.2. The molecule has 0 unspecified atom stereocenters. The summed E-state index contributed by atoms with van der Waals surface area (Å²) in [5.74, 6) is -0.951. The van der Waals surface area contributed by atoms with E-state index in [1.54, 1.807) is 13.8 Å². The fourth-order valence-electron chi connectivity index (χ4n) is 2.16. The maximum atomic E-state index is 13.2. The summed E-state index contributed by atoms with van der Waals surface area (Å²) in [5.41, 5.74) is 1.67. The third kappa shape index (κ3) is 4.11. The van der Waals surface area contributed by atoms with E-state index in [4.69, 9.17) is 4.74 Å². The van der Waals surface area contributed by atoms with Crippen LogP contribution in [0.3, 0.4) is 0 Å². The Hall–Kier alpha value is -2.41. The van der Waals surface area contributed by atoms with Gasteiger partial charge < -0.3 is 10.1 Å². The monoisotopic (exact) mass is 351 g/mol. The molecule has 0 aliphatic rings. The van der Waals surface area contributed by atoms with E-state index < -0.39 is 15.8 Å². The molecular weight excluding hydrogens is 333 g/mol. The third-order valence-corrected chi connectivity index (χ3v) is 4.48. The molecule has 0 spiro atoms. The third-order valence-electron chi connectivity index (χ3n) is 3.37. The summed E-state index contributed by atoms with van der Waals surface area (Å²) in [7, 11) is -3.44. The zero-order valence-electron chi connectivity index (χ0n) is 13.6. The predicted molar refractivity (Wildman–Crippen MR) is 89.9 cm³/mol. The van der Waals surface area contributed by atoms with Crippen molar-refractivity contribution in [1.82, 2.24) is 0 Å². The molecule has 2 aromatic carbocycles. The van der Waals surface area contributed by atoms with E-state index in [2.05, 4.69) is 5.32 Å². The number of nitrogens with one attached hydrogen (secondary N) is 1. The van der Waals surface area contributed by atoms with Gasteiger partial charge in [-0.2, -0.15) is 0 Å². The minimum atomic E-state index is -3.44. The summed E-state index contributed by atoms with van der Waals surface area (Å²) in [6.07, 6.45) is 1.08. The zero-order chi connectivity index (χ0) is 17.9. The second-order valence-corrected chi connectivity index (χ2v) is 7.30. The molecule has 0 heterocycles. The van der Waals surface area contributed by atoms with Gasteiger partial charge in [-0.25, -0.2) is 17.6 Å². The maximum absolute atomic E-state index is 13.2. The van der Waals surface area contributed by atoms with Crippen molar-refractivity contribution in [3.63, 3.8) is 0 Å². The summed E-state index contributed by atoms with van der Waals surface area (Å²) in [6.45, 7) is 3.58. The molecule has 128 valence electrons. The molecule has 0 aromatic heterocycles. The Balaban J connectivity index is 2.52. The molecule has 1 N–H and O–H groups in total. The second kappa shape index (κ2) is 7.00. The fraction of sp³-hybridized carbons (Fsp3) is 0.235. The van der Waals surface area contributed by atoms with Crippen molar-refractivity contribution in [3.05, 3.63) is 53.3 Å². The van der Waals surface area contributed by atoms with Crippen LogP contribution in [0.4, 0.5) is 15.8 Å². The van der Waals surface area contributed by atoms with E-state index in [-0.39, 0.29) is 28.6 Å². The van der Waals surface area contributed by atoms with Gasteiger partial charge >= 0.3 is 5.97 Å². The van der Waals surface area contributed by atoms with Crippen LogP contribution in [0.2, 0.25) is 0 Å². The first-order chi connectivity index (χ1) is 11.2. The van der Waals surface area contributed by atoms with Gasteiger partial charge in [0.05, 0.1) is 22.8 Å². The van der Waals surface area contributed by atoms with Crippen LogP contribution in [0.1, 0.15) is 22.8 Å². The van der Waals surface area contributed by atoms with Crippen LogP contribution in [0.5, 0.6) is 0 Å². The first kappa shape index (κ1) is 17.9. The Bertz CT molecular complexity index is 878. The summed E-state index contributed by atoms with van der Waals surface area (Å²) >= 11 is 0. The minimum absolute atomic E-state index is 0.0674. The van der Waals surface area contributed by atoms with E-state index in [1.807, 2.05) is 0 Å². The van der Waals surface area contributed by atoms with Gasteiger partial charge in [-0.05, 0) is 55.8 Å². The number of halogens is 1. The number of hydrogen-bond acceptors (Lipinski definition) is 5. The van der Waals surface area contributed by atoms with Gasteiger partial charge in [0.1, 0.15) is 5.82 Å². The lowest BCUT2D eigenvalue weighted by Gasteiger charge is -2.14. The van der Waals surface area contributed by atoms with Crippen molar-refractivity contribution in [3.8, 4) is 0 Å². The highest BCUT2D eigenvalue weighted by atomic mass is 32.2. The topological polar surface area (TPSA) is 72.5 Å². The molecular formula is C17H18FNO4S. The number of anilines is 2. The number of ether oxygens (including phenoxy) is 1. The molecule has 5 nitrogen and oxygen atoms in total. The Morgan fingerprint density at radius 3 is 2.46 bits per heavy atom. The Kier molecular flexibility index (Phi) is 5.23. The lowest BCUT2D eigenvalue weighted by atomic mass is 10.1. The molecule has 24 heavy (non-hydrogen) atoms. The van der Waals surface area contributed by atoms with Crippen LogP contribution in [0.25, 0.3) is 0 Å². The maximum Gasteiger partial charge on any atom is 0.340 e. The van der Waals surface area contributed by atoms with E-state index in [0.29, 0.717) is 11.3 Å². The zero-order valence-corrected chi connectivity index (χ0v) is 14.4. The van der Waals surface area contributed by atoms with Crippen LogP contribution >= 0.6 is 0 Å². The first-order valence-electron chi connectivity index (χ1n) is 7.26. The van der Waals surface area contributed by atoms with Crippen molar-refractivity contribution >= 4 is 27.2 Å². The highest BCUT2D eigenvalue weighted by Gasteiger charge is 2.17. The molecule has 0 atom stereocenters. The van der Waals surface area contributed by atoms with Gasteiger partial charge in [-0.15, -0.1) is 0 Å². The molecule has 0 radical (unpaired) electrons. The van der Waals surface area contributed by atoms with E-state index in [0.717, 1.165) is 6.26 Å². The predicted octanol–water partition coefficient (Wildman–Crippen LogP) is 3.46. The van der Waals surface area contributed by atoms with Gasteiger partial charge in [0.15, 0.2) is 9.84 Å². The number of rotatable bonds is 5. The van der Waals surface area contributed by atoms with Crippen molar-refractivity contribution in [2.24, 2.45) is 0 Å². The van der Waals surface area contributed by atoms with Crippen LogP contribution in [-0.2, 0) is 14.6 Å². The minimum Gasteiger partial charge on any atom is -0.462 e. The van der Waals surface area contributed by atoms with Crippen LogP contribution in [0.15, 0.2) is 41.3 Å². The highest BCUT2D eigenvalue weighted by Crippen LogP contribution is 2.27. The van der Waals surface area contributed by atoms with Gasteiger partial charge in [0, 0.05) is 11.9 Å². The molecule has 0 aliphatic heterocycles. The average molecular weight is 351 g/mol. The van der Waals surface area contributed by atoms with Crippen molar-refractivity contribution in [2.45, 2.75) is 18.7 Å². The average Bonchev–Trinajstić information content (AvgIpc) is 2.49. The number of carbonyl (C=O) groups excluding carboxylic acids is 1. The molecule has 0 fully saturated rings. The van der Waals surface area contributed by atoms with Crippen LogP contribution < -0.4 is 5.32 Å². The Morgan fingerprint density at radius 2 is 1.88 bits per heavy atom. The molecule has 0 amide bonds. The van der Waals surface area contributed by atoms with Crippen molar-refractivity contribution < 1.29 is 22.3 Å². The molecule has 0 bridgehead atoms. The lowest BCUT2D eigenvalue weighted by Crippen LogP contribution is -2.10. The summed E-state index contributed by atoms with van der Waals surface area (Å²) in [5, 5.41) is 2.99. The Labute approximate surface area is 140 Å². The van der Waals surface area contributed by atoms with Crippen molar-refractivity contribution in [2.75, 3.05) is 18.2 Å². The second-order valence-electron chi connectivity index (χ2n) is 5.28. The number of benzene rings is 2. The molecule has 0 saturated carbocycles. The quantitative estimate of drug-likeness (QED) is 0.835. The van der Waals surface area contributed by atoms with Crippen molar-refractivity contribution in [1.29, 1.82) is 0 Å². The summed E-state index contributed by atoms with van der Waals surface area (Å²) < 4.78 is 41.8. The number of hydrogen-bond donors (Lipinski definition) is 1. The fourth-order valence-corrected chi connectivity index (χ4v) is 2.80. The van der Waals surface area contributed by atoms with Gasteiger partial charge in [-0.3, -0.25) is 0 Å². The standard InChI is InChI=1S/C17H18FNO4S/c1-4-23-17(20)14-7-6-13(24(3,21)22)10-16(14)19-15-8-5-12(18)9-11(15)2/h5-10,19H,4H2,1-3H3. The van der Waals surface area contributed by atoms with E-state index in [9.17, 15) is 17.6 Å². The smallest absolute Gasteiger partial charge is 0.340 e. The molecule has 2 rings (SSSR count). The number of esters is 1. The molecule has 0 saturated heterocycles. The van der Waals surface area contributed by atoms with E-state index in [1.165, 1.54) is 36.4 Å². The SMILES string of the molecule is CCOC(=O)c1ccc(S(C)(=O)=O)cc1Nc1ccc(F)cc1C. The van der Waals surface area contributed by atoms with Crippen LogP contribution in [-0.4, -0.2) is 27.2 Å². The first-order valence-corrected chi connectivity index (χ1v) is 9.16.